The summed E-state index contributed by atoms with van der Waals surface area (Å²) < 4.78 is 0. The molecule has 0 N–H and O–H groups in total. The monoisotopic (exact) mass is 915 g/mol. The highest BCUT2D eigenvalue weighted by Gasteiger charge is 2.58. The van der Waals surface area contributed by atoms with Gasteiger partial charge in [-0.2, -0.15) is 5.26 Å². The zero-order valence-corrected chi connectivity index (χ0v) is 42.8. The van der Waals surface area contributed by atoms with E-state index < -0.39 is 0 Å². The Balaban J connectivity index is 0.826. The number of para-hydroxylation sites is 1. The average Bonchev–Trinajstić information content (AvgIpc) is 3.41. The van der Waals surface area contributed by atoms with E-state index in [1.54, 1.807) is 0 Å². The maximum absolute atomic E-state index is 9.85. The van der Waals surface area contributed by atoms with Gasteiger partial charge in [-0.05, 0) is 192 Å². The maximum atomic E-state index is 9.85. The van der Waals surface area contributed by atoms with Crippen LogP contribution in [0.5, 0.6) is 0 Å². The zero-order valence-electron chi connectivity index (χ0n) is 42.8. The molecule has 8 unspecified atom stereocenters. The number of nitriles is 1. The lowest BCUT2D eigenvalue weighted by atomic mass is 9.52. The first kappa shape index (κ1) is 47.2. The van der Waals surface area contributed by atoms with Crippen LogP contribution in [0.15, 0.2) is 78.9 Å². The second-order valence-electron chi connectivity index (χ2n) is 25.0. The number of fused-ring (bicyclic) bond motifs is 2. The van der Waals surface area contributed by atoms with Gasteiger partial charge in [0, 0.05) is 59.6 Å². The molecule has 1 aliphatic heterocycles. The molecule has 8 atom stereocenters. The van der Waals surface area contributed by atoms with E-state index in [1.165, 1.54) is 208 Å². The molecule has 1 saturated heterocycles. The number of nitrogens with zero attached hydrogens (tertiary/aromatic N) is 4. The first-order chi connectivity index (χ1) is 33.4. The molecule has 68 heavy (non-hydrogen) atoms. The quantitative estimate of drug-likeness (QED) is 0.203. The van der Waals surface area contributed by atoms with Crippen LogP contribution < -0.4 is 4.90 Å². The Morgan fingerprint density at radius 1 is 0.485 bits per heavy atom. The van der Waals surface area contributed by atoms with E-state index in [0.717, 1.165) is 54.5 Å². The molecular formula is C64H90N4. The Morgan fingerprint density at radius 2 is 1.00 bits per heavy atom. The Morgan fingerprint density at radius 3 is 1.60 bits per heavy atom. The standard InChI is InChI=1S/C64H90N4/c1-64(2)60-43-57(66(52-18-7-3-8-19-52)53-20-9-4-10-21-53)39-41-62(60)68(55-24-13-6-14-25-55)63-42-40-58(44-61(63)64)67(54-22-11-5-12-23-54)56-37-35-49(36-38-56)47-29-27-46(28-30-47)48-31-33-50(34-32-48)59-26-16-15-17-51(59)45-65/h5,11-12,22-23,27-30,35-38,48,50-53,55,57-63H,3-4,6-10,13-21,24-26,31-34,39-44H2,1-2H3. The maximum Gasteiger partial charge on any atom is 0.0658 e. The van der Waals surface area contributed by atoms with Crippen molar-refractivity contribution in [1.82, 2.24) is 9.80 Å². The predicted molar refractivity (Wildman–Crippen MR) is 284 cm³/mol. The summed E-state index contributed by atoms with van der Waals surface area (Å²) >= 11 is 0. The highest BCUT2D eigenvalue weighted by atomic mass is 15.3. The predicted octanol–water partition coefficient (Wildman–Crippen LogP) is 16.8. The molecule has 3 aromatic rings. The lowest BCUT2D eigenvalue weighted by molar-refractivity contribution is -0.156. The number of likely N-dealkylation sites (tertiary alicyclic amines) is 1. The summed E-state index contributed by atoms with van der Waals surface area (Å²) in [5, 5.41) is 9.85. The molecule has 4 heteroatoms. The van der Waals surface area contributed by atoms with Crippen LogP contribution in [0.25, 0.3) is 11.1 Å². The van der Waals surface area contributed by atoms with Crippen LogP contribution in [0.2, 0.25) is 0 Å². The van der Waals surface area contributed by atoms with Gasteiger partial charge in [0.15, 0.2) is 0 Å². The molecular weight excluding hydrogens is 825 g/mol. The Kier molecular flexibility index (Phi) is 14.8. The molecule has 0 radical (unpaired) electrons. The fourth-order valence-electron chi connectivity index (χ4n) is 17.9. The molecule has 7 aliphatic carbocycles. The number of anilines is 2. The van der Waals surface area contributed by atoms with Crippen LogP contribution in [-0.2, 0) is 0 Å². The minimum atomic E-state index is 0.303. The number of piperidine rings is 1. The van der Waals surface area contributed by atoms with Gasteiger partial charge in [-0.1, -0.05) is 139 Å². The van der Waals surface area contributed by atoms with Crippen LogP contribution in [-0.4, -0.2) is 52.1 Å². The fraction of sp³-hybridized carbons (Fsp3) is 0.703. The van der Waals surface area contributed by atoms with Gasteiger partial charge in [0.1, 0.15) is 0 Å². The Hall–Kier alpha value is -3.13. The van der Waals surface area contributed by atoms with E-state index in [0.29, 0.717) is 35.1 Å². The molecule has 0 bridgehead atoms. The van der Waals surface area contributed by atoms with Crippen molar-refractivity contribution in [1.29, 1.82) is 5.26 Å². The SMILES string of the molecule is CC1(C)C2CC(N(c3ccccc3)c3ccc(-c4ccc(C5CCC(C6CCCCC6C#N)CC5)cc4)cc3)CCC2N(C2CCCCC2)C2CCC(N(C3CCCCC3)C3CCCCC3)CC21. The highest BCUT2D eigenvalue weighted by molar-refractivity contribution is 5.70. The van der Waals surface area contributed by atoms with Gasteiger partial charge in [-0.25, -0.2) is 0 Å². The van der Waals surface area contributed by atoms with Gasteiger partial charge < -0.3 is 4.90 Å². The number of hydrogen-bond donors (Lipinski definition) is 0. The molecule has 8 fully saturated rings. The van der Waals surface area contributed by atoms with Crippen LogP contribution >= 0.6 is 0 Å². The third-order valence-electron chi connectivity index (χ3n) is 21.3. The van der Waals surface area contributed by atoms with E-state index in [2.05, 4.69) is 113 Å². The van der Waals surface area contributed by atoms with Crippen LogP contribution in [0.1, 0.15) is 212 Å². The third-order valence-corrected chi connectivity index (χ3v) is 21.3. The lowest BCUT2D eigenvalue weighted by Crippen LogP contribution is -2.69. The number of benzene rings is 3. The summed E-state index contributed by atoms with van der Waals surface area (Å²) in [6, 6.07) is 38.9. The lowest BCUT2D eigenvalue weighted by Gasteiger charge is -2.66. The summed E-state index contributed by atoms with van der Waals surface area (Å²) in [5.74, 6) is 3.86. The van der Waals surface area contributed by atoms with E-state index in [4.69, 9.17) is 0 Å². The van der Waals surface area contributed by atoms with Crippen molar-refractivity contribution in [2.75, 3.05) is 4.90 Å². The topological polar surface area (TPSA) is 33.5 Å². The van der Waals surface area contributed by atoms with Gasteiger partial charge in [-0.15, -0.1) is 0 Å². The zero-order chi connectivity index (χ0) is 46.0. The van der Waals surface area contributed by atoms with Gasteiger partial charge >= 0.3 is 0 Å². The fourth-order valence-corrected chi connectivity index (χ4v) is 17.9. The minimum Gasteiger partial charge on any atom is -0.338 e. The van der Waals surface area contributed by atoms with Crippen molar-refractivity contribution in [2.24, 2.45) is 35.0 Å². The minimum absolute atomic E-state index is 0.303. The summed E-state index contributed by atoms with van der Waals surface area (Å²) in [6.45, 7) is 5.58. The summed E-state index contributed by atoms with van der Waals surface area (Å²) in [4.78, 5) is 9.35. The van der Waals surface area contributed by atoms with Gasteiger partial charge in [-0.3, -0.25) is 9.80 Å². The average molecular weight is 915 g/mol. The van der Waals surface area contributed by atoms with Gasteiger partial charge in [0.05, 0.1) is 6.07 Å². The molecule has 8 aliphatic rings. The molecule has 0 spiro atoms. The third kappa shape index (κ3) is 9.66. The van der Waals surface area contributed by atoms with Crippen molar-refractivity contribution >= 4 is 11.4 Å². The Labute approximate surface area is 414 Å². The van der Waals surface area contributed by atoms with Crippen LogP contribution in [0, 0.1) is 46.3 Å². The normalized spacial score (nSPS) is 34.4. The summed E-state index contributed by atoms with van der Waals surface area (Å²) in [5.41, 5.74) is 7.21. The molecule has 4 nitrogen and oxygen atoms in total. The van der Waals surface area contributed by atoms with Crippen molar-refractivity contribution < 1.29 is 0 Å². The number of rotatable bonds is 10. The van der Waals surface area contributed by atoms with Crippen molar-refractivity contribution in [2.45, 2.75) is 248 Å². The van der Waals surface area contributed by atoms with Crippen molar-refractivity contribution in [3.05, 3.63) is 84.4 Å². The Bertz CT molecular complexity index is 2060. The molecule has 1 heterocycles. The number of hydrogen-bond acceptors (Lipinski definition) is 4. The van der Waals surface area contributed by atoms with E-state index in [-0.39, 0.29) is 0 Å². The second kappa shape index (κ2) is 21.3. The molecule has 3 aromatic carbocycles. The molecule has 0 amide bonds. The van der Waals surface area contributed by atoms with E-state index in [9.17, 15) is 5.26 Å². The highest BCUT2D eigenvalue weighted by Crippen LogP contribution is 2.58. The van der Waals surface area contributed by atoms with Crippen molar-refractivity contribution in [3.8, 4) is 17.2 Å². The molecule has 366 valence electrons. The summed E-state index contributed by atoms with van der Waals surface area (Å²) in [7, 11) is 0. The first-order valence-electron chi connectivity index (χ1n) is 29.4. The van der Waals surface area contributed by atoms with E-state index >= 15 is 0 Å². The van der Waals surface area contributed by atoms with Gasteiger partial charge in [0.2, 0.25) is 0 Å². The van der Waals surface area contributed by atoms with Gasteiger partial charge in [0.25, 0.3) is 0 Å². The summed E-state index contributed by atoms with van der Waals surface area (Å²) in [6.07, 6.45) is 40.2. The van der Waals surface area contributed by atoms with Crippen LogP contribution in [0.4, 0.5) is 11.4 Å². The molecule has 11 rings (SSSR count). The molecule has 7 saturated carbocycles. The second-order valence-corrected chi connectivity index (χ2v) is 25.0. The first-order valence-corrected chi connectivity index (χ1v) is 29.4. The molecule has 0 aromatic heterocycles. The van der Waals surface area contributed by atoms with E-state index in [1.807, 2.05) is 0 Å². The van der Waals surface area contributed by atoms with Crippen molar-refractivity contribution in [3.63, 3.8) is 0 Å². The smallest absolute Gasteiger partial charge is 0.0658 e. The largest absolute Gasteiger partial charge is 0.338 e. The van der Waals surface area contributed by atoms with Crippen LogP contribution in [0.3, 0.4) is 0 Å².